The third-order valence-electron chi connectivity index (χ3n) is 4.04. The molecule has 1 unspecified atom stereocenters. The number of carbonyl (C=O) groups is 1. The minimum atomic E-state index is -0.437. The Morgan fingerprint density at radius 3 is 2.81 bits per heavy atom. The number of hydrogen-bond acceptors (Lipinski definition) is 2. The molecule has 0 aromatic rings. The van der Waals surface area contributed by atoms with Gasteiger partial charge in [0.1, 0.15) is 0 Å². The van der Waals surface area contributed by atoms with Crippen molar-refractivity contribution >= 4 is 5.78 Å². The van der Waals surface area contributed by atoms with Gasteiger partial charge in [-0.3, -0.25) is 0 Å². The molecule has 0 bridgehead atoms. The molecule has 1 fully saturated rings. The van der Waals surface area contributed by atoms with E-state index in [1.165, 1.54) is 0 Å². The second-order valence-electron chi connectivity index (χ2n) is 5.59. The zero-order valence-electron chi connectivity index (χ0n) is 10.0. The highest BCUT2D eigenvalue weighted by Gasteiger charge is 2.52. The summed E-state index contributed by atoms with van der Waals surface area (Å²) in [6, 6.07) is 0. The molecule has 0 saturated carbocycles. The van der Waals surface area contributed by atoms with E-state index in [0.29, 0.717) is 6.61 Å². The van der Waals surface area contributed by atoms with Gasteiger partial charge in [-0.1, -0.05) is 26.8 Å². The Labute approximate surface area is 96.3 Å². The average Bonchev–Trinajstić information content (AvgIpc) is 2.24. The van der Waals surface area contributed by atoms with E-state index in [-0.39, 0.29) is 22.8 Å². The lowest BCUT2D eigenvalue weighted by Gasteiger charge is -2.50. The molecule has 2 atom stereocenters. The highest BCUT2D eigenvalue weighted by Crippen LogP contribution is 2.51. The third kappa shape index (κ3) is 1.41. The molecular formula is C13H17NO2. The average molecular weight is 219 g/mol. The molecule has 0 amide bonds. The standard InChI is InChI=1S/C13H17NO2/c1-12(2)10-5-6-16-8-13(10,3)7-9(14-4)11(12)15/h7,10H,5-6,8H2,1-3H3/t10?,13-/m1/s1. The molecule has 0 radical (unpaired) electrons. The summed E-state index contributed by atoms with van der Waals surface area (Å²) in [5, 5.41) is 0. The van der Waals surface area contributed by atoms with Gasteiger partial charge in [-0.05, 0) is 12.3 Å². The van der Waals surface area contributed by atoms with E-state index in [1.54, 1.807) is 0 Å². The van der Waals surface area contributed by atoms with Crippen molar-refractivity contribution in [3.8, 4) is 0 Å². The van der Waals surface area contributed by atoms with Crippen LogP contribution in [0.15, 0.2) is 11.8 Å². The first-order valence-electron chi connectivity index (χ1n) is 5.65. The number of hydrogen-bond donors (Lipinski definition) is 0. The monoisotopic (exact) mass is 219 g/mol. The first-order chi connectivity index (χ1) is 7.42. The fourth-order valence-electron chi connectivity index (χ4n) is 3.20. The van der Waals surface area contributed by atoms with Crippen molar-refractivity contribution in [1.29, 1.82) is 0 Å². The van der Waals surface area contributed by atoms with Crippen LogP contribution < -0.4 is 0 Å². The van der Waals surface area contributed by atoms with E-state index in [2.05, 4.69) is 11.8 Å². The molecule has 0 N–H and O–H groups in total. The number of fused-ring (bicyclic) bond motifs is 1. The zero-order chi connectivity index (χ0) is 12.0. The van der Waals surface area contributed by atoms with Crippen molar-refractivity contribution in [3.63, 3.8) is 0 Å². The van der Waals surface area contributed by atoms with Gasteiger partial charge in [0.2, 0.25) is 5.70 Å². The third-order valence-corrected chi connectivity index (χ3v) is 4.04. The zero-order valence-corrected chi connectivity index (χ0v) is 10.0. The molecule has 1 heterocycles. The largest absolute Gasteiger partial charge is 0.381 e. The van der Waals surface area contributed by atoms with Crippen LogP contribution >= 0.6 is 0 Å². The summed E-state index contributed by atoms with van der Waals surface area (Å²) in [5.74, 6) is 0.277. The fraction of sp³-hybridized carbons (Fsp3) is 0.692. The van der Waals surface area contributed by atoms with Crippen LogP contribution in [-0.4, -0.2) is 19.0 Å². The molecule has 2 rings (SSSR count). The fourth-order valence-corrected chi connectivity index (χ4v) is 3.20. The van der Waals surface area contributed by atoms with Crippen molar-refractivity contribution in [2.24, 2.45) is 16.7 Å². The summed E-state index contributed by atoms with van der Waals surface area (Å²) >= 11 is 0. The summed E-state index contributed by atoms with van der Waals surface area (Å²) in [6.45, 7) is 14.4. The van der Waals surface area contributed by atoms with Crippen molar-refractivity contribution in [2.75, 3.05) is 13.2 Å². The van der Waals surface area contributed by atoms with Crippen molar-refractivity contribution in [2.45, 2.75) is 27.2 Å². The van der Waals surface area contributed by atoms with Crippen molar-refractivity contribution < 1.29 is 9.53 Å². The number of nitrogens with zero attached hydrogens (tertiary/aromatic N) is 1. The number of ketones is 1. The Kier molecular flexibility index (Phi) is 2.43. The SMILES string of the molecule is [C-]#[N+]C1=C[C@]2(C)COCCC2C(C)(C)C1=O. The second kappa shape index (κ2) is 3.43. The van der Waals surface area contributed by atoms with Crippen LogP contribution in [0.1, 0.15) is 27.2 Å². The predicted molar refractivity (Wildman–Crippen MR) is 60.5 cm³/mol. The lowest BCUT2D eigenvalue weighted by Crippen LogP contribution is -2.50. The lowest BCUT2D eigenvalue weighted by molar-refractivity contribution is -0.136. The summed E-state index contributed by atoms with van der Waals surface area (Å²) in [7, 11) is 0. The van der Waals surface area contributed by atoms with Gasteiger partial charge in [0.05, 0.1) is 13.2 Å². The first-order valence-corrected chi connectivity index (χ1v) is 5.65. The maximum Gasteiger partial charge on any atom is 0.226 e. The molecule has 1 aliphatic carbocycles. The molecule has 0 spiro atoms. The summed E-state index contributed by atoms with van der Waals surface area (Å²) < 4.78 is 5.50. The molecule has 0 aromatic heterocycles. The smallest absolute Gasteiger partial charge is 0.226 e. The molecule has 3 heteroatoms. The Morgan fingerprint density at radius 2 is 2.19 bits per heavy atom. The topological polar surface area (TPSA) is 30.7 Å². The van der Waals surface area contributed by atoms with Gasteiger partial charge < -0.3 is 9.53 Å². The number of allylic oxidation sites excluding steroid dienone is 1. The van der Waals surface area contributed by atoms with Gasteiger partial charge in [0.25, 0.3) is 0 Å². The number of rotatable bonds is 0. The number of Topliss-reactive ketones (excluding diaryl/α,β-unsaturated/α-hetero) is 1. The van der Waals surface area contributed by atoms with Crippen LogP contribution in [0.5, 0.6) is 0 Å². The van der Waals surface area contributed by atoms with Gasteiger partial charge >= 0.3 is 0 Å². The van der Waals surface area contributed by atoms with E-state index in [1.807, 2.05) is 19.9 Å². The molecule has 2 aliphatic rings. The van der Waals surface area contributed by atoms with Crippen LogP contribution in [0.25, 0.3) is 4.85 Å². The van der Waals surface area contributed by atoms with E-state index in [9.17, 15) is 4.79 Å². The normalized spacial score (nSPS) is 37.2. The minimum Gasteiger partial charge on any atom is -0.381 e. The highest BCUT2D eigenvalue weighted by atomic mass is 16.5. The van der Waals surface area contributed by atoms with Gasteiger partial charge in [0.15, 0.2) is 5.78 Å². The highest BCUT2D eigenvalue weighted by molar-refractivity contribution is 6.02. The summed E-state index contributed by atoms with van der Waals surface area (Å²) in [5.41, 5.74) is -0.308. The van der Waals surface area contributed by atoms with Crippen LogP contribution in [0.2, 0.25) is 0 Å². The minimum absolute atomic E-state index is 0.00752. The molecule has 0 aromatic carbocycles. The quantitative estimate of drug-likeness (QED) is 0.586. The van der Waals surface area contributed by atoms with E-state index in [4.69, 9.17) is 11.3 Å². The Hall–Kier alpha value is -1.14. The molecule has 16 heavy (non-hydrogen) atoms. The molecule has 86 valence electrons. The molecule has 1 aliphatic heterocycles. The van der Waals surface area contributed by atoms with Gasteiger partial charge in [-0.25, -0.2) is 4.85 Å². The van der Waals surface area contributed by atoms with Crippen LogP contribution in [0.4, 0.5) is 0 Å². The van der Waals surface area contributed by atoms with E-state index in [0.717, 1.165) is 13.0 Å². The Balaban J connectivity index is 2.53. The second-order valence-corrected chi connectivity index (χ2v) is 5.59. The predicted octanol–water partition coefficient (Wildman–Crippen LogP) is 2.44. The maximum absolute atomic E-state index is 12.2. The van der Waals surface area contributed by atoms with Crippen LogP contribution in [0.3, 0.4) is 0 Å². The summed E-state index contributed by atoms with van der Waals surface area (Å²) in [6.07, 6.45) is 2.73. The summed E-state index contributed by atoms with van der Waals surface area (Å²) in [4.78, 5) is 15.5. The van der Waals surface area contributed by atoms with Gasteiger partial charge in [0, 0.05) is 17.4 Å². The van der Waals surface area contributed by atoms with Crippen LogP contribution in [0, 0.1) is 23.3 Å². The Morgan fingerprint density at radius 1 is 1.50 bits per heavy atom. The Bertz CT molecular complexity index is 403. The van der Waals surface area contributed by atoms with Crippen molar-refractivity contribution in [1.82, 2.24) is 0 Å². The van der Waals surface area contributed by atoms with Gasteiger partial charge in [-0.2, -0.15) is 0 Å². The van der Waals surface area contributed by atoms with Crippen molar-refractivity contribution in [3.05, 3.63) is 23.2 Å². The maximum atomic E-state index is 12.2. The van der Waals surface area contributed by atoms with E-state index < -0.39 is 5.41 Å². The van der Waals surface area contributed by atoms with Gasteiger partial charge in [-0.15, -0.1) is 0 Å². The number of carbonyl (C=O) groups excluding carboxylic acids is 1. The first kappa shape index (κ1) is 11.3. The molecule has 1 saturated heterocycles. The van der Waals surface area contributed by atoms with Crippen LogP contribution in [-0.2, 0) is 9.53 Å². The molecule has 3 nitrogen and oxygen atoms in total. The molecular weight excluding hydrogens is 202 g/mol. The lowest BCUT2D eigenvalue weighted by atomic mass is 9.57. The van der Waals surface area contributed by atoms with E-state index >= 15 is 0 Å². The number of ether oxygens (including phenoxy) is 1.